The predicted octanol–water partition coefficient (Wildman–Crippen LogP) is 6.09. The summed E-state index contributed by atoms with van der Waals surface area (Å²) in [6.07, 6.45) is 1.80. The molecule has 3 aromatic rings. The van der Waals surface area contributed by atoms with Crippen LogP contribution in [0.25, 0.3) is 0 Å². The van der Waals surface area contributed by atoms with Crippen molar-refractivity contribution in [3.05, 3.63) is 76.7 Å². The second-order valence-corrected chi connectivity index (χ2v) is 5.62. The van der Waals surface area contributed by atoms with Crippen molar-refractivity contribution >= 4 is 23.5 Å². The number of ether oxygens (including phenoxy) is 1. The summed E-state index contributed by atoms with van der Waals surface area (Å²) in [6.45, 7) is 3.85. The highest BCUT2D eigenvalue weighted by atomic mass is 35.5. The van der Waals surface area contributed by atoms with E-state index in [0.717, 1.165) is 28.5 Å². The summed E-state index contributed by atoms with van der Waals surface area (Å²) in [6, 6.07) is 16.8. The number of nitrogens with zero attached hydrogens (tertiary/aromatic N) is 1. The largest absolute Gasteiger partial charge is 0.466 e. The lowest BCUT2D eigenvalue weighted by Gasteiger charge is -2.05. The number of rotatable bonds is 4. The van der Waals surface area contributed by atoms with Gasteiger partial charge in [0.15, 0.2) is 0 Å². The molecule has 0 radical (unpaired) electrons. The van der Waals surface area contributed by atoms with Crippen molar-refractivity contribution in [2.75, 3.05) is 0 Å². The van der Waals surface area contributed by atoms with Crippen molar-refractivity contribution in [2.24, 2.45) is 4.99 Å². The molecule has 3 rings (SSSR count). The molecule has 0 saturated heterocycles. The fourth-order valence-corrected chi connectivity index (χ4v) is 2.37. The Hall–Kier alpha value is -2.52. The zero-order chi connectivity index (χ0) is 16.2. The normalized spacial score (nSPS) is 11.1. The summed E-state index contributed by atoms with van der Waals surface area (Å²) in [7, 11) is 0. The van der Waals surface area contributed by atoms with Gasteiger partial charge in [-0.15, -0.1) is 0 Å². The molecule has 0 amide bonds. The summed E-state index contributed by atoms with van der Waals surface area (Å²) < 4.78 is 11.2. The van der Waals surface area contributed by atoms with E-state index >= 15 is 0 Å². The molecule has 4 heteroatoms. The minimum Gasteiger partial charge on any atom is -0.466 e. The van der Waals surface area contributed by atoms with E-state index in [0.29, 0.717) is 10.8 Å². The topological polar surface area (TPSA) is 34.7 Å². The fraction of sp³-hybridized carbons (Fsp3) is 0.105. The molecule has 1 heterocycles. The van der Waals surface area contributed by atoms with Crippen LogP contribution in [0.3, 0.4) is 0 Å². The summed E-state index contributed by atoms with van der Waals surface area (Å²) >= 11 is 5.94. The molecule has 3 nitrogen and oxygen atoms in total. The Morgan fingerprint density at radius 1 is 1.00 bits per heavy atom. The van der Waals surface area contributed by atoms with Crippen LogP contribution < -0.4 is 4.74 Å². The van der Waals surface area contributed by atoms with Crippen molar-refractivity contribution in [3.63, 3.8) is 0 Å². The first-order chi connectivity index (χ1) is 11.1. The van der Waals surface area contributed by atoms with E-state index in [1.165, 1.54) is 0 Å². The number of hydrogen-bond donors (Lipinski definition) is 0. The van der Waals surface area contributed by atoms with Crippen molar-refractivity contribution in [1.29, 1.82) is 0 Å². The van der Waals surface area contributed by atoms with Crippen LogP contribution in [0.4, 0.5) is 5.69 Å². The first-order valence-corrected chi connectivity index (χ1v) is 7.62. The summed E-state index contributed by atoms with van der Waals surface area (Å²) in [5.74, 6) is 3.20. The Morgan fingerprint density at radius 2 is 1.78 bits per heavy atom. The maximum atomic E-state index is 5.94. The highest BCUT2D eigenvalue weighted by molar-refractivity contribution is 6.30. The molecule has 0 bridgehead atoms. The third-order valence-corrected chi connectivity index (χ3v) is 3.54. The third kappa shape index (κ3) is 4.02. The Labute approximate surface area is 140 Å². The number of aryl methyl sites for hydroxylation is 2. The molecular formula is C19H16ClNO2. The van der Waals surface area contributed by atoms with Gasteiger partial charge in [0.05, 0.1) is 5.69 Å². The summed E-state index contributed by atoms with van der Waals surface area (Å²) in [4.78, 5) is 4.45. The van der Waals surface area contributed by atoms with Gasteiger partial charge in [-0.05, 0) is 62.4 Å². The Balaban J connectivity index is 1.71. The van der Waals surface area contributed by atoms with Gasteiger partial charge in [0.1, 0.15) is 23.0 Å². The van der Waals surface area contributed by atoms with Crippen LogP contribution in [0, 0.1) is 13.8 Å². The van der Waals surface area contributed by atoms with Crippen LogP contribution in [0.15, 0.2) is 64.0 Å². The Morgan fingerprint density at radius 3 is 2.43 bits per heavy atom. The monoisotopic (exact) mass is 325 g/mol. The van der Waals surface area contributed by atoms with Gasteiger partial charge in [0, 0.05) is 16.8 Å². The van der Waals surface area contributed by atoms with Gasteiger partial charge in [0.2, 0.25) is 0 Å². The molecule has 0 aliphatic carbocycles. The lowest BCUT2D eigenvalue weighted by molar-refractivity contribution is 0.483. The molecule has 0 aliphatic rings. The molecule has 0 N–H and O–H groups in total. The van der Waals surface area contributed by atoms with Gasteiger partial charge in [-0.1, -0.05) is 17.7 Å². The standard InChI is InChI=1S/C19H16ClNO2/c1-13-10-15(14(2)22-13)12-21-17-6-8-18(9-7-17)23-19-5-3-4-16(20)11-19/h3-12H,1-2H3. The van der Waals surface area contributed by atoms with Crippen LogP contribution in [0.2, 0.25) is 5.02 Å². The highest BCUT2D eigenvalue weighted by Gasteiger charge is 2.02. The van der Waals surface area contributed by atoms with Gasteiger partial charge >= 0.3 is 0 Å². The molecule has 2 aromatic carbocycles. The highest BCUT2D eigenvalue weighted by Crippen LogP contribution is 2.26. The molecule has 0 saturated carbocycles. The van der Waals surface area contributed by atoms with Crippen molar-refractivity contribution in [2.45, 2.75) is 13.8 Å². The first kappa shape index (κ1) is 15.4. The molecule has 23 heavy (non-hydrogen) atoms. The van der Waals surface area contributed by atoms with Crippen LogP contribution in [-0.2, 0) is 0 Å². The lowest BCUT2D eigenvalue weighted by atomic mass is 10.2. The quantitative estimate of drug-likeness (QED) is 0.544. The SMILES string of the molecule is Cc1cc(C=Nc2ccc(Oc3cccc(Cl)c3)cc2)c(C)o1. The van der Waals surface area contributed by atoms with Gasteiger partial charge < -0.3 is 9.15 Å². The van der Waals surface area contributed by atoms with E-state index < -0.39 is 0 Å². The molecule has 0 unspecified atom stereocenters. The molecule has 0 atom stereocenters. The molecule has 0 fully saturated rings. The van der Waals surface area contributed by atoms with E-state index in [9.17, 15) is 0 Å². The fourth-order valence-electron chi connectivity index (χ4n) is 2.19. The molecule has 1 aromatic heterocycles. The van der Waals surface area contributed by atoms with E-state index in [4.69, 9.17) is 20.8 Å². The number of aliphatic imine (C=N–C) groups is 1. The number of benzene rings is 2. The average molecular weight is 326 g/mol. The predicted molar refractivity (Wildman–Crippen MR) is 93.4 cm³/mol. The van der Waals surface area contributed by atoms with Gasteiger partial charge in [-0.3, -0.25) is 4.99 Å². The Kier molecular flexibility index (Phi) is 4.49. The van der Waals surface area contributed by atoms with Gasteiger partial charge in [0.25, 0.3) is 0 Å². The lowest BCUT2D eigenvalue weighted by Crippen LogP contribution is -1.83. The number of halogens is 1. The second kappa shape index (κ2) is 6.71. The minimum atomic E-state index is 0.648. The zero-order valence-corrected chi connectivity index (χ0v) is 13.7. The van der Waals surface area contributed by atoms with Crippen LogP contribution in [0.1, 0.15) is 17.1 Å². The van der Waals surface area contributed by atoms with Crippen molar-refractivity contribution in [1.82, 2.24) is 0 Å². The van der Waals surface area contributed by atoms with Crippen LogP contribution in [-0.4, -0.2) is 6.21 Å². The Bertz CT molecular complexity index is 835. The third-order valence-electron chi connectivity index (χ3n) is 3.30. The van der Waals surface area contributed by atoms with Crippen molar-refractivity contribution in [3.8, 4) is 11.5 Å². The van der Waals surface area contributed by atoms with Gasteiger partial charge in [-0.25, -0.2) is 0 Å². The maximum absolute atomic E-state index is 5.94. The molecule has 0 aliphatic heterocycles. The molecule has 0 spiro atoms. The van der Waals surface area contributed by atoms with E-state index in [1.807, 2.05) is 62.4 Å². The number of hydrogen-bond acceptors (Lipinski definition) is 3. The maximum Gasteiger partial charge on any atom is 0.128 e. The van der Waals surface area contributed by atoms with Crippen molar-refractivity contribution < 1.29 is 9.15 Å². The summed E-state index contributed by atoms with van der Waals surface area (Å²) in [5.41, 5.74) is 1.84. The first-order valence-electron chi connectivity index (χ1n) is 7.25. The summed E-state index contributed by atoms with van der Waals surface area (Å²) in [5, 5.41) is 0.648. The van der Waals surface area contributed by atoms with Crippen LogP contribution >= 0.6 is 11.6 Å². The number of furan rings is 1. The molecule has 116 valence electrons. The van der Waals surface area contributed by atoms with Crippen LogP contribution in [0.5, 0.6) is 11.5 Å². The van der Waals surface area contributed by atoms with E-state index in [1.54, 1.807) is 12.3 Å². The zero-order valence-electron chi connectivity index (χ0n) is 12.9. The smallest absolute Gasteiger partial charge is 0.128 e. The van der Waals surface area contributed by atoms with E-state index in [-0.39, 0.29) is 0 Å². The average Bonchev–Trinajstić information content (AvgIpc) is 2.84. The van der Waals surface area contributed by atoms with Gasteiger partial charge in [-0.2, -0.15) is 0 Å². The minimum absolute atomic E-state index is 0.648. The molecular weight excluding hydrogens is 310 g/mol. The van der Waals surface area contributed by atoms with E-state index in [2.05, 4.69) is 4.99 Å². The second-order valence-electron chi connectivity index (χ2n) is 5.18.